The molecule has 0 atom stereocenters. The van der Waals surface area contributed by atoms with Crippen LogP contribution in [0.15, 0.2) is 60.7 Å². The Morgan fingerprint density at radius 1 is 0.952 bits per heavy atom. The van der Waals surface area contributed by atoms with E-state index < -0.39 is 12.5 Å². The van der Waals surface area contributed by atoms with E-state index in [1.165, 1.54) is 12.1 Å². The smallest absolute Gasteiger partial charge is 0.290 e. The lowest BCUT2D eigenvalue weighted by atomic mass is 10.1. The predicted molar refractivity (Wildman–Crippen MR) is 79.2 cm³/mol. The molecule has 0 aliphatic rings. The standard InChI is InChI=1S/C17H16F2N2/c18-17(19,15-8-3-1-4-9-15)14-21(13-7-12-20)16-10-5-2-6-11-16/h1-6,8-11H,7,13-14H2. The van der Waals surface area contributed by atoms with Crippen molar-refractivity contribution in [3.05, 3.63) is 66.2 Å². The van der Waals surface area contributed by atoms with Gasteiger partial charge in [0.05, 0.1) is 19.0 Å². The summed E-state index contributed by atoms with van der Waals surface area (Å²) in [5.41, 5.74) is 0.686. The van der Waals surface area contributed by atoms with Gasteiger partial charge in [0, 0.05) is 17.8 Å². The molecule has 2 rings (SSSR count). The lowest BCUT2D eigenvalue weighted by molar-refractivity contribution is 0.00399. The van der Waals surface area contributed by atoms with Gasteiger partial charge in [0.25, 0.3) is 5.92 Å². The number of alkyl halides is 2. The highest BCUT2D eigenvalue weighted by Gasteiger charge is 2.33. The van der Waals surface area contributed by atoms with Crippen LogP contribution in [-0.2, 0) is 5.92 Å². The van der Waals surface area contributed by atoms with E-state index in [-0.39, 0.29) is 18.5 Å². The number of halogens is 2. The number of hydrogen-bond donors (Lipinski definition) is 0. The van der Waals surface area contributed by atoms with Gasteiger partial charge >= 0.3 is 0 Å². The van der Waals surface area contributed by atoms with Gasteiger partial charge in [-0.25, -0.2) is 0 Å². The van der Waals surface area contributed by atoms with Crippen LogP contribution in [-0.4, -0.2) is 13.1 Å². The van der Waals surface area contributed by atoms with Gasteiger partial charge in [-0.3, -0.25) is 0 Å². The van der Waals surface area contributed by atoms with E-state index in [4.69, 9.17) is 5.26 Å². The quantitative estimate of drug-likeness (QED) is 0.795. The maximum atomic E-state index is 14.4. The van der Waals surface area contributed by atoms with Crippen LogP contribution in [0, 0.1) is 11.3 Å². The van der Waals surface area contributed by atoms with Crippen LogP contribution >= 0.6 is 0 Å². The Bertz CT molecular complexity index is 591. The molecule has 0 saturated carbocycles. The van der Waals surface area contributed by atoms with Gasteiger partial charge in [-0.2, -0.15) is 14.0 Å². The topological polar surface area (TPSA) is 27.0 Å². The van der Waals surface area contributed by atoms with Gasteiger partial charge in [0.15, 0.2) is 0 Å². The highest BCUT2D eigenvalue weighted by Crippen LogP contribution is 2.30. The average Bonchev–Trinajstić information content (AvgIpc) is 2.53. The molecule has 0 aliphatic carbocycles. The first-order valence-corrected chi connectivity index (χ1v) is 6.74. The van der Waals surface area contributed by atoms with E-state index in [1.807, 2.05) is 12.1 Å². The van der Waals surface area contributed by atoms with Crippen molar-refractivity contribution in [2.45, 2.75) is 12.3 Å². The molecule has 0 aromatic heterocycles. The monoisotopic (exact) mass is 286 g/mol. The maximum absolute atomic E-state index is 14.4. The zero-order valence-corrected chi connectivity index (χ0v) is 11.5. The summed E-state index contributed by atoms with van der Waals surface area (Å²) in [6, 6.07) is 18.8. The Hall–Kier alpha value is -2.41. The SMILES string of the molecule is N#CCCN(CC(F)(F)c1ccccc1)c1ccccc1. The van der Waals surface area contributed by atoms with Crippen molar-refractivity contribution in [3.63, 3.8) is 0 Å². The summed E-state index contributed by atoms with van der Waals surface area (Å²) < 4.78 is 28.8. The fourth-order valence-electron chi connectivity index (χ4n) is 2.14. The van der Waals surface area contributed by atoms with Crippen LogP contribution < -0.4 is 4.90 Å². The number of benzene rings is 2. The normalized spacial score (nSPS) is 10.9. The van der Waals surface area contributed by atoms with Crippen molar-refractivity contribution in [3.8, 4) is 6.07 Å². The average molecular weight is 286 g/mol. The van der Waals surface area contributed by atoms with E-state index in [1.54, 1.807) is 47.4 Å². The summed E-state index contributed by atoms with van der Waals surface area (Å²) in [4.78, 5) is 1.55. The first kappa shape index (κ1) is 15.0. The number of rotatable bonds is 6. The Kier molecular flexibility index (Phi) is 4.89. The van der Waals surface area contributed by atoms with Gasteiger partial charge in [0.1, 0.15) is 0 Å². The minimum Gasteiger partial charge on any atom is -0.364 e. The van der Waals surface area contributed by atoms with Crippen molar-refractivity contribution in [2.75, 3.05) is 18.0 Å². The summed E-state index contributed by atoms with van der Waals surface area (Å²) in [5, 5.41) is 8.71. The van der Waals surface area contributed by atoms with Gasteiger partial charge in [-0.15, -0.1) is 0 Å². The minimum absolute atomic E-state index is 0.0112. The summed E-state index contributed by atoms with van der Waals surface area (Å²) in [6.45, 7) is -0.161. The van der Waals surface area contributed by atoms with Crippen LogP contribution in [0.1, 0.15) is 12.0 Å². The van der Waals surface area contributed by atoms with Crippen molar-refractivity contribution in [1.82, 2.24) is 0 Å². The van der Waals surface area contributed by atoms with E-state index in [9.17, 15) is 8.78 Å². The molecule has 0 amide bonds. The molecule has 0 heterocycles. The molecule has 108 valence electrons. The third kappa shape index (κ3) is 4.03. The second-order valence-corrected chi connectivity index (χ2v) is 4.74. The van der Waals surface area contributed by atoms with Crippen LogP contribution in [0.25, 0.3) is 0 Å². The van der Waals surface area contributed by atoms with Gasteiger partial charge < -0.3 is 4.90 Å². The number of anilines is 1. The third-order valence-electron chi connectivity index (χ3n) is 3.20. The molecule has 21 heavy (non-hydrogen) atoms. The zero-order chi connectivity index (χ0) is 15.1. The maximum Gasteiger partial charge on any atom is 0.290 e. The number of nitriles is 1. The Morgan fingerprint density at radius 2 is 1.52 bits per heavy atom. The molecule has 0 N–H and O–H groups in total. The van der Waals surface area contributed by atoms with E-state index >= 15 is 0 Å². The second kappa shape index (κ2) is 6.85. The first-order chi connectivity index (χ1) is 10.1. The van der Waals surface area contributed by atoms with Crippen LogP contribution in [0.2, 0.25) is 0 Å². The van der Waals surface area contributed by atoms with Crippen LogP contribution in [0.4, 0.5) is 14.5 Å². The van der Waals surface area contributed by atoms with Crippen molar-refractivity contribution < 1.29 is 8.78 Å². The molecule has 0 radical (unpaired) electrons. The summed E-state index contributed by atoms with van der Waals surface area (Å²) in [5.74, 6) is -2.97. The lowest BCUT2D eigenvalue weighted by Crippen LogP contribution is -2.36. The molecule has 0 spiro atoms. The molecule has 0 unspecified atom stereocenters. The Morgan fingerprint density at radius 3 is 2.10 bits per heavy atom. The largest absolute Gasteiger partial charge is 0.364 e. The Balaban J connectivity index is 2.21. The summed E-state index contributed by atoms with van der Waals surface area (Å²) in [7, 11) is 0. The van der Waals surface area contributed by atoms with Crippen LogP contribution in [0.3, 0.4) is 0 Å². The number of hydrogen-bond acceptors (Lipinski definition) is 2. The highest BCUT2D eigenvalue weighted by molar-refractivity contribution is 5.46. The summed E-state index contributed by atoms with van der Waals surface area (Å²) >= 11 is 0. The molecule has 0 aliphatic heterocycles. The van der Waals surface area contributed by atoms with Crippen molar-refractivity contribution in [2.24, 2.45) is 0 Å². The molecule has 4 heteroatoms. The number of para-hydroxylation sites is 1. The first-order valence-electron chi connectivity index (χ1n) is 6.74. The summed E-state index contributed by atoms with van der Waals surface area (Å²) in [6.07, 6.45) is 0.208. The lowest BCUT2D eigenvalue weighted by Gasteiger charge is -2.29. The highest BCUT2D eigenvalue weighted by atomic mass is 19.3. The van der Waals surface area contributed by atoms with Crippen LogP contribution in [0.5, 0.6) is 0 Å². The van der Waals surface area contributed by atoms with E-state index in [2.05, 4.69) is 0 Å². The molecule has 0 fully saturated rings. The molecule has 2 aromatic rings. The minimum atomic E-state index is -2.97. The fourth-order valence-corrected chi connectivity index (χ4v) is 2.14. The molecular weight excluding hydrogens is 270 g/mol. The molecule has 2 aromatic carbocycles. The van der Waals surface area contributed by atoms with Crippen molar-refractivity contribution >= 4 is 5.69 Å². The molecular formula is C17H16F2N2. The molecule has 0 saturated heterocycles. The molecule has 2 nitrogen and oxygen atoms in total. The van der Waals surface area contributed by atoms with E-state index in [0.717, 1.165) is 0 Å². The second-order valence-electron chi connectivity index (χ2n) is 4.74. The third-order valence-corrected chi connectivity index (χ3v) is 3.20. The Labute approximate surface area is 123 Å². The van der Waals surface area contributed by atoms with Crippen molar-refractivity contribution in [1.29, 1.82) is 5.26 Å². The zero-order valence-electron chi connectivity index (χ0n) is 11.5. The molecule has 0 bridgehead atoms. The van der Waals surface area contributed by atoms with Gasteiger partial charge in [-0.1, -0.05) is 48.5 Å². The van der Waals surface area contributed by atoms with E-state index in [0.29, 0.717) is 5.69 Å². The predicted octanol–water partition coefficient (Wildman–Crippen LogP) is 4.20. The van der Waals surface area contributed by atoms with Gasteiger partial charge in [-0.05, 0) is 12.1 Å². The van der Waals surface area contributed by atoms with Gasteiger partial charge in [0.2, 0.25) is 0 Å². The number of nitrogens with zero attached hydrogens (tertiary/aromatic N) is 2. The fraction of sp³-hybridized carbons (Fsp3) is 0.235.